The zero-order valence-corrected chi connectivity index (χ0v) is 16.0. The van der Waals surface area contributed by atoms with Gasteiger partial charge in [0, 0.05) is 0 Å². The van der Waals surface area contributed by atoms with E-state index in [-0.39, 0.29) is 24.2 Å². The zero-order valence-electron chi connectivity index (χ0n) is 16.0. The zero-order chi connectivity index (χ0) is 19.4. The second kappa shape index (κ2) is 8.25. The van der Waals surface area contributed by atoms with Gasteiger partial charge in [-0.05, 0) is 32.3 Å². The Morgan fingerprint density at radius 2 is 2.04 bits per heavy atom. The number of hydrogen-bond donors (Lipinski definition) is 2. The Labute approximate surface area is 159 Å². The third-order valence-corrected chi connectivity index (χ3v) is 5.94. The topological polar surface area (TPSA) is 97.6 Å². The van der Waals surface area contributed by atoms with E-state index >= 15 is 0 Å². The molecule has 148 valence electrons. The van der Waals surface area contributed by atoms with Crippen LogP contribution in [0.25, 0.3) is 0 Å². The number of nitrogens with one attached hydrogen (secondary N) is 2. The number of carbonyl (C=O) groups is 3. The molecule has 3 rings (SSSR count). The molecule has 1 saturated heterocycles. The summed E-state index contributed by atoms with van der Waals surface area (Å²) < 4.78 is 10.3. The Morgan fingerprint density at radius 3 is 2.63 bits per heavy atom. The second-order valence-electron chi connectivity index (χ2n) is 7.85. The van der Waals surface area contributed by atoms with Gasteiger partial charge in [-0.3, -0.25) is 14.4 Å². The van der Waals surface area contributed by atoms with Crippen molar-refractivity contribution in [2.45, 2.75) is 70.1 Å². The quantitative estimate of drug-likeness (QED) is 0.793. The van der Waals surface area contributed by atoms with Crippen LogP contribution in [-0.4, -0.2) is 41.9 Å². The van der Waals surface area contributed by atoms with Crippen LogP contribution in [-0.2, 0) is 14.3 Å². The van der Waals surface area contributed by atoms with Gasteiger partial charge < -0.3 is 19.8 Å². The molecule has 1 aliphatic carbocycles. The minimum atomic E-state index is -1.07. The van der Waals surface area contributed by atoms with Crippen molar-refractivity contribution >= 4 is 17.6 Å². The highest BCUT2D eigenvalue weighted by atomic mass is 16.5. The monoisotopic (exact) mass is 376 g/mol. The maximum absolute atomic E-state index is 13.0. The molecule has 7 nitrogen and oxygen atoms in total. The Balaban J connectivity index is 1.72. The first-order valence-electron chi connectivity index (χ1n) is 9.70. The number of carbonyl (C=O) groups excluding carboxylic acids is 3. The maximum atomic E-state index is 13.0. The molecule has 1 aromatic rings. The Hall–Kier alpha value is -2.15. The van der Waals surface area contributed by atoms with Crippen LogP contribution < -0.4 is 10.6 Å². The first-order valence-corrected chi connectivity index (χ1v) is 9.70. The lowest BCUT2D eigenvalue weighted by Gasteiger charge is -2.31. The van der Waals surface area contributed by atoms with E-state index in [1.807, 2.05) is 0 Å². The summed E-state index contributed by atoms with van der Waals surface area (Å²) in [4.78, 5) is 37.7. The highest BCUT2D eigenvalue weighted by molar-refractivity contribution is 6.00. The Morgan fingerprint density at radius 1 is 1.30 bits per heavy atom. The molecule has 2 amide bonds. The fourth-order valence-corrected chi connectivity index (χ4v) is 3.88. The Bertz CT molecular complexity index is 681. The van der Waals surface area contributed by atoms with Crippen molar-refractivity contribution in [3.63, 3.8) is 0 Å². The van der Waals surface area contributed by atoms with Gasteiger partial charge in [-0.1, -0.05) is 32.1 Å². The van der Waals surface area contributed by atoms with Crippen LogP contribution in [0.4, 0.5) is 0 Å². The van der Waals surface area contributed by atoms with E-state index in [0.29, 0.717) is 17.9 Å². The van der Waals surface area contributed by atoms with Crippen molar-refractivity contribution in [2.75, 3.05) is 6.61 Å². The summed E-state index contributed by atoms with van der Waals surface area (Å²) in [7, 11) is 0. The highest BCUT2D eigenvalue weighted by Crippen LogP contribution is 2.28. The van der Waals surface area contributed by atoms with E-state index in [1.54, 1.807) is 19.9 Å². The number of amides is 2. The van der Waals surface area contributed by atoms with Gasteiger partial charge in [0.15, 0.2) is 5.78 Å². The predicted octanol–water partition coefficient (Wildman–Crippen LogP) is 2.21. The van der Waals surface area contributed by atoms with Gasteiger partial charge in [0.25, 0.3) is 5.91 Å². The molecule has 2 heterocycles. The average Bonchev–Trinajstić information content (AvgIpc) is 3.27. The number of ketones is 1. The molecule has 7 heteroatoms. The van der Waals surface area contributed by atoms with Crippen molar-refractivity contribution < 1.29 is 23.5 Å². The van der Waals surface area contributed by atoms with E-state index in [1.165, 1.54) is 18.9 Å². The van der Waals surface area contributed by atoms with Crippen LogP contribution >= 0.6 is 0 Å². The molecule has 2 aliphatic rings. The summed E-state index contributed by atoms with van der Waals surface area (Å²) >= 11 is 0. The van der Waals surface area contributed by atoms with E-state index in [4.69, 9.17) is 9.15 Å². The van der Waals surface area contributed by atoms with Gasteiger partial charge in [-0.25, -0.2) is 0 Å². The lowest BCUT2D eigenvalue weighted by atomic mass is 9.84. The van der Waals surface area contributed by atoms with Crippen LogP contribution in [0, 0.1) is 5.92 Å². The lowest BCUT2D eigenvalue weighted by molar-refractivity contribution is -0.131. The molecule has 2 fully saturated rings. The Kier molecular flexibility index (Phi) is 5.99. The summed E-state index contributed by atoms with van der Waals surface area (Å²) in [6.45, 7) is 3.44. The molecule has 1 saturated carbocycles. The van der Waals surface area contributed by atoms with Crippen molar-refractivity contribution in [3.8, 4) is 0 Å². The van der Waals surface area contributed by atoms with Gasteiger partial charge in [0.2, 0.25) is 5.91 Å². The van der Waals surface area contributed by atoms with Crippen LogP contribution in [0.2, 0.25) is 0 Å². The predicted molar refractivity (Wildman–Crippen MR) is 98.1 cm³/mol. The summed E-state index contributed by atoms with van der Waals surface area (Å²) in [5.74, 6) is -0.460. The average molecular weight is 376 g/mol. The minimum Gasteiger partial charge on any atom is -0.472 e. The molecule has 1 aliphatic heterocycles. The molecular weight excluding hydrogens is 348 g/mol. The van der Waals surface area contributed by atoms with Crippen LogP contribution in [0.5, 0.6) is 0 Å². The largest absolute Gasteiger partial charge is 0.472 e. The second-order valence-corrected chi connectivity index (χ2v) is 7.85. The molecule has 0 spiro atoms. The standard InChI is InChI=1S/C20H28N2O5/c1-13-20(2,17(23)12-27-13)22-19(25)16(10-14-6-4-3-5-7-14)21-18(24)15-8-9-26-11-15/h8-9,11,13-14,16H,3-7,10,12H2,1-2H3,(H,21,24)(H,22,25)/t13-,16-,20-/m1/s1. The van der Waals surface area contributed by atoms with E-state index in [9.17, 15) is 14.4 Å². The van der Waals surface area contributed by atoms with Gasteiger partial charge in [0.05, 0.1) is 17.9 Å². The smallest absolute Gasteiger partial charge is 0.255 e. The fourth-order valence-electron chi connectivity index (χ4n) is 3.88. The number of Topliss-reactive ketones (excluding diaryl/α,β-unsaturated/α-hetero) is 1. The third kappa shape index (κ3) is 4.40. The molecule has 0 bridgehead atoms. The van der Waals surface area contributed by atoms with Crippen LogP contribution in [0.1, 0.15) is 62.7 Å². The molecule has 2 N–H and O–H groups in total. The minimum absolute atomic E-state index is 0.00732. The van der Waals surface area contributed by atoms with Crippen molar-refractivity contribution in [1.82, 2.24) is 10.6 Å². The molecule has 0 unspecified atom stereocenters. The van der Waals surface area contributed by atoms with E-state index in [2.05, 4.69) is 10.6 Å². The van der Waals surface area contributed by atoms with Crippen molar-refractivity contribution in [2.24, 2.45) is 5.92 Å². The number of hydrogen-bond acceptors (Lipinski definition) is 5. The number of furan rings is 1. The summed E-state index contributed by atoms with van der Waals surface area (Å²) in [6, 6.07) is 0.857. The van der Waals surface area contributed by atoms with Crippen molar-refractivity contribution in [3.05, 3.63) is 24.2 Å². The molecule has 1 aromatic heterocycles. The number of rotatable bonds is 6. The van der Waals surface area contributed by atoms with Gasteiger partial charge in [0.1, 0.15) is 24.5 Å². The summed E-state index contributed by atoms with van der Waals surface area (Å²) in [6.07, 6.45) is 8.55. The van der Waals surface area contributed by atoms with E-state index in [0.717, 1.165) is 25.7 Å². The fraction of sp³-hybridized carbons (Fsp3) is 0.650. The normalized spacial score (nSPS) is 27.3. The van der Waals surface area contributed by atoms with Gasteiger partial charge in [-0.15, -0.1) is 0 Å². The maximum Gasteiger partial charge on any atom is 0.255 e. The first-order chi connectivity index (χ1) is 12.9. The molecular formula is C20H28N2O5. The van der Waals surface area contributed by atoms with Crippen LogP contribution in [0.3, 0.4) is 0 Å². The first kappa shape index (κ1) is 19.6. The van der Waals surface area contributed by atoms with Gasteiger partial charge >= 0.3 is 0 Å². The van der Waals surface area contributed by atoms with Crippen LogP contribution in [0.15, 0.2) is 23.0 Å². The molecule has 27 heavy (non-hydrogen) atoms. The molecule has 3 atom stereocenters. The highest BCUT2D eigenvalue weighted by Gasteiger charge is 2.47. The number of ether oxygens (including phenoxy) is 1. The summed E-state index contributed by atoms with van der Waals surface area (Å²) in [5, 5.41) is 5.67. The SMILES string of the molecule is C[C@H]1OCC(=O)[C@]1(C)NC(=O)[C@@H](CC1CCCCC1)NC(=O)c1ccoc1. The molecule has 0 radical (unpaired) electrons. The van der Waals surface area contributed by atoms with Gasteiger partial charge in [-0.2, -0.15) is 0 Å². The third-order valence-electron chi connectivity index (χ3n) is 5.94. The summed E-state index contributed by atoms with van der Waals surface area (Å²) in [5.41, 5.74) is -0.696. The molecule has 0 aromatic carbocycles. The van der Waals surface area contributed by atoms with Crippen molar-refractivity contribution in [1.29, 1.82) is 0 Å². The van der Waals surface area contributed by atoms with E-state index < -0.39 is 17.7 Å². The lowest BCUT2D eigenvalue weighted by Crippen LogP contribution is -2.60.